The van der Waals surface area contributed by atoms with Crippen LogP contribution in [-0.2, 0) is 0 Å². The van der Waals surface area contributed by atoms with Gasteiger partial charge in [-0.1, -0.05) is 47.0 Å². The molecule has 1 fully saturated rings. The van der Waals surface area contributed by atoms with Crippen LogP contribution in [0.2, 0.25) is 0 Å². The summed E-state index contributed by atoms with van der Waals surface area (Å²) in [5.41, 5.74) is 1.25. The zero-order valence-electron chi connectivity index (χ0n) is 10.2. The minimum absolute atomic E-state index is 0.186. The largest absolute Gasteiger partial charge is 0.392 e. The number of rotatable bonds is 3. The van der Waals surface area contributed by atoms with Crippen molar-refractivity contribution in [1.29, 1.82) is 0 Å². The SMILES string of the molecule is C[C@H](N[C@H]1CCCC[C@@H]1O)c1ccccc1Br. The van der Waals surface area contributed by atoms with Crippen LogP contribution in [0.3, 0.4) is 0 Å². The van der Waals surface area contributed by atoms with Gasteiger partial charge < -0.3 is 10.4 Å². The summed E-state index contributed by atoms with van der Waals surface area (Å²) in [6.07, 6.45) is 4.20. The van der Waals surface area contributed by atoms with Gasteiger partial charge in [0, 0.05) is 16.6 Å². The maximum absolute atomic E-state index is 9.96. The minimum Gasteiger partial charge on any atom is -0.392 e. The molecule has 0 aliphatic heterocycles. The molecular weight excluding hydrogens is 278 g/mol. The number of hydrogen-bond donors (Lipinski definition) is 2. The molecule has 0 heterocycles. The monoisotopic (exact) mass is 297 g/mol. The van der Waals surface area contributed by atoms with E-state index in [4.69, 9.17) is 0 Å². The quantitative estimate of drug-likeness (QED) is 0.896. The smallest absolute Gasteiger partial charge is 0.0693 e. The van der Waals surface area contributed by atoms with Gasteiger partial charge >= 0.3 is 0 Å². The Kier molecular flexibility index (Phi) is 4.60. The lowest BCUT2D eigenvalue weighted by molar-refractivity contribution is 0.0859. The van der Waals surface area contributed by atoms with Gasteiger partial charge in [-0.3, -0.25) is 0 Å². The third-order valence-corrected chi connectivity index (χ3v) is 4.29. The van der Waals surface area contributed by atoms with E-state index in [9.17, 15) is 5.11 Å². The summed E-state index contributed by atoms with van der Waals surface area (Å²) in [4.78, 5) is 0. The summed E-state index contributed by atoms with van der Waals surface area (Å²) in [5.74, 6) is 0. The molecule has 0 saturated heterocycles. The first-order chi connectivity index (χ1) is 8.18. The van der Waals surface area contributed by atoms with Crippen molar-refractivity contribution in [3.05, 3.63) is 34.3 Å². The van der Waals surface area contributed by atoms with E-state index in [2.05, 4.69) is 46.4 Å². The van der Waals surface area contributed by atoms with E-state index in [1.54, 1.807) is 0 Å². The fraction of sp³-hybridized carbons (Fsp3) is 0.571. The van der Waals surface area contributed by atoms with E-state index in [1.165, 1.54) is 12.0 Å². The van der Waals surface area contributed by atoms with Crippen LogP contribution in [0.15, 0.2) is 28.7 Å². The molecule has 0 aromatic heterocycles. The number of aliphatic hydroxyl groups excluding tert-OH is 1. The Labute approximate surface area is 112 Å². The molecular formula is C14H20BrNO. The van der Waals surface area contributed by atoms with Crippen LogP contribution in [0.1, 0.15) is 44.2 Å². The van der Waals surface area contributed by atoms with Crippen molar-refractivity contribution < 1.29 is 5.11 Å². The molecule has 1 saturated carbocycles. The number of hydrogen-bond acceptors (Lipinski definition) is 2. The fourth-order valence-corrected chi connectivity index (χ4v) is 3.17. The van der Waals surface area contributed by atoms with Gasteiger partial charge in [0.25, 0.3) is 0 Å². The maximum atomic E-state index is 9.96. The molecule has 94 valence electrons. The van der Waals surface area contributed by atoms with Crippen molar-refractivity contribution in [1.82, 2.24) is 5.32 Å². The van der Waals surface area contributed by atoms with Gasteiger partial charge in [0.2, 0.25) is 0 Å². The Morgan fingerprint density at radius 2 is 2.00 bits per heavy atom. The second kappa shape index (κ2) is 5.98. The number of halogens is 1. The van der Waals surface area contributed by atoms with Crippen LogP contribution in [0.25, 0.3) is 0 Å². The van der Waals surface area contributed by atoms with Crippen LogP contribution in [0.5, 0.6) is 0 Å². The van der Waals surface area contributed by atoms with E-state index in [0.717, 1.165) is 23.7 Å². The van der Waals surface area contributed by atoms with E-state index in [-0.39, 0.29) is 18.2 Å². The molecule has 0 radical (unpaired) electrons. The molecule has 17 heavy (non-hydrogen) atoms. The highest BCUT2D eigenvalue weighted by molar-refractivity contribution is 9.10. The first-order valence-electron chi connectivity index (χ1n) is 6.37. The van der Waals surface area contributed by atoms with Crippen molar-refractivity contribution in [3.8, 4) is 0 Å². The molecule has 0 bridgehead atoms. The lowest BCUT2D eigenvalue weighted by Gasteiger charge is -2.31. The molecule has 2 nitrogen and oxygen atoms in total. The van der Waals surface area contributed by atoms with Gasteiger partial charge in [0.1, 0.15) is 0 Å². The number of benzene rings is 1. The van der Waals surface area contributed by atoms with Gasteiger partial charge in [-0.25, -0.2) is 0 Å². The van der Waals surface area contributed by atoms with Crippen LogP contribution in [0, 0.1) is 0 Å². The normalized spacial score (nSPS) is 26.8. The number of nitrogens with one attached hydrogen (secondary N) is 1. The summed E-state index contributed by atoms with van der Waals surface area (Å²) < 4.78 is 1.13. The van der Waals surface area contributed by atoms with Crippen molar-refractivity contribution in [2.24, 2.45) is 0 Å². The van der Waals surface area contributed by atoms with Crippen molar-refractivity contribution in [3.63, 3.8) is 0 Å². The van der Waals surface area contributed by atoms with E-state index >= 15 is 0 Å². The molecule has 2 N–H and O–H groups in total. The summed E-state index contributed by atoms with van der Waals surface area (Å²) in [6.45, 7) is 2.15. The third-order valence-electron chi connectivity index (χ3n) is 3.57. The zero-order valence-corrected chi connectivity index (χ0v) is 11.8. The first kappa shape index (κ1) is 13.1. The van der Waals surface area contributed by atoms with Gasteiger partial charge in [-0.2, -0.15) is 0 Å². The van der Waals surface area contributed by atoms with Gasteiger partial charge in [-0.05, 0) is 31.4 Å². The van der Waals surface area contributed by atoms with Crippen molar-refractivity contribution in [2.75, 3.05) is 0 Å². The second-order valence-corrected chi connectivity index (χ2v) is 5.72. The number of aliphatic hydroxyl groups is 1. The lowest BCUT2D eigenvalue weighted by Crippen LogP contribution is -2.43. The first-order valence-corrected chi connectivity index (χ1v) is 7.16. The Bertz CT molecular complexity index is 369. The fourth-order valence-electron chi connectivity index (χ4n) is 2.54. The van der Waals surface area contributed by atoms with E-state index in [0.29, 0.717) is 0 Å². The summed E-state index contributed by atoms with van der Waals surface area (Å²) in [5, 5.41) is 13.5. The molecule has 0 amide bonds. The Morgan fingerprint density at radius 1 is 1.29 bits per heavy atom. The molecule has 1 aromatic carbocycles. The van der Waals surface area contributed by atoms with Gasteiger partial charge in [-0.15, -0.1) is 0 Å². The third kappa shape index (κ3) is 3.30. The van der Waals surface area contributed by atoms with Crippen LogP contribution >= 0.6 is 15.9 Å². The molecule has 2 rings (SSSR count). The highest BCUT2D eigenvalue weighted by Crippen LogP contribution is 2.26. The molecule has 0 spiro atoms. The van der Waals surface area contributed by atoms with Crippen LogP contribution < -0.4 is 5.32 Å². The van der Waals surface area contributed by atoms with E-state index < -0.39 is 0 Å². The lowest BCUT2D eigenvalue weighted by atomic mass is 9.91. The molecule has 1 aliphatic carbocycles. The summed E-state index contributed by atoms with van der Waals surface area (Å²) in [6, 6.07) is 8.77. The summed E-state index contributed by atoms with van der Waals surface area (Å²) >= 11 is 3.57. The summed E-state index contributed by atoms with van der Waals surface area (Å²) in [7, 11) is 0. The minimum atomic E-state index is -0.186. The highest BCUT2D eigenvalue weighted by atomic mass is 79.9. The predicted molar refractivity (Wildman–Crippen MR) is 74.0 cm³/mol. The molecule has 3 heteroatoms. The Balaban J connectivity index is 2.01. The second-order valence-electron chi connectivity index (χ2n) is 4.87. The Hall–Kier alpha value is -0.380. The van der Waals surface area contributed by atoms with Crippen LogP contribution in [-0.4, -0.2) is 17.3 Å². The zero-order chi connectivity index (χ0) is 12.3. The van der Waals surface area contributed by atoms with Gasteiger partial charge in [0.15, 0.2) is 0 Å². The van der Waals surface area contributed by atoms with Crippen molar-refractivity contribution in [2.45, 2.75) is 50.8 Å². The Morgan fingerprint density at radius 3 is 2.71 bits per heavy atom. The van der Waals surface area contributed by atoms with E-state index in [1.807, 2.05) is 6.07 Å². The predicted octanol–water partition coefficient (Wildman–Crippen LogP) is 3.40. The average Bonchev–Trinajstić information content (AvgIpc) is 2.32. The highest BCUT2D eigenvalue weighted by Gasteiger charge is 2.24. The van der Waals surface area contributed by atoms with Crippen LogP contribution in [0.4, 0.5) is 0 Å². The standard InChI is InChI=1S/C14H20BrNO/c1-10(11-6-2-3-7-12(11)15)16-13-8-4-5-9-14(13)17/h2-3,6-7,10,13-14,16-17H,4-5,8-9H2,1H3/t10-,13-,14-/m0/s1. The molecule has 3 atom stereocenters. The average molecular weight is 298 g/mol. The molecule has 0 unspecified atom stereocenters. The maximum Gasteiger partial charge on any atom is 0.0693 e. The topological polar surface area (TPSA) is 32.3 Å². The molecule has 1 aliphatic rings. The van der Waals surface area contributed by atoms with Crippen molar-refractivity contribution >= 4 is 15.9 Å². The van der Waals surface area contributed by atoms with Gasteiger partial charge in [0.05, 0.1) is 6.10 Å². The molecule has 1 aromatic rings.